The van der Waals surface area contributed by atoms with Crippen molar-refractivity contribution in [3.8, 4) is 0 Å². The minimum Gasteiger partial charge on any atom is -0.384 e. The van der Waals surface area contributed by atoms with Crippen LogP contribution < -0.4 is 11.1 Å². The average molecular weight is 200 g/mol. The number of nitrogens with one attached hydrogen (secondary N) is 1. The number of carbonyl (C=O) groups excluding carboxylic acids is 1. The maximum Gasteiger partial charge on any atom is 0.222 e. The molecule has 0 aromatic heterocycles. The van der Waals surface area contributed by atoms with Crippen molar-refractivity contribution in [1.82, 2.24) is 5.32 Å². The Kier molecular flexibility index (Phi) is 4.90. The third kappa shape index (κ3) is 3.64. The fourth-order valence-electron chi connectivity index (χ4n) is 1.81. The highest BCUT2D eigenvalue weighted by Gasteiger charge is 2.22. The van der Waals surface area contributed by atoms with Crippen LogP contribution in [0.1, 0.15) is 32.1 Å². The van der Waals surface area contributed by atoms with E-state index < -0.39 is 0 Å². The van der Waals surface area contributed by atoms with Gasteiger partial charge in [0.05, 0.1) is 6.61 Å². The van der Waals surface area contributed by atoms with E-state index in [4.69, 9.17) is 10.5 Å². The Balaban J connectivity index is 2.23. The SMILES string of the molecule is COCCC(=O)NC1CCCCC1N. The van der Waals surface area contributed by atoms with E-state index in [-0.39, 0.29) is 18.0 Å². The van der Waals surface area contributed by atoms with E-state index in [9.17, 15) is 4.79 Å². The number of nitrogens with two attached hydrogens (primary N) is 1. The van der Waals surface area contributed by atoms with Crippen LogP contribution in [0.2, 0.25) is 0 Å². The molecular weight excluding hydrogens is 180 g/mol. The summed E-state index contributed by atoms with van der Waals surface area (Å²) in [7, 11) is 1.60. The first-order valence-corrected chi connectivity index (χ1v) is 5.28. The maximum atomic E-state index is 11.4. The molecule has 0 aromatic carbocycles. The molecule has 0 aliphatic heterocycles. The van der Waals surface area contributed by atoms with Gasteiger partial charge < -0.3 is 15.8 Å². The van der Waals surface area contributed by atoms with Crippen LogP contribution in [0.5, 0.6) is 0 Å². The molecule has 1 rings (SSSR count). The third-order valence-electron chi connectivity index (χ3n) is 2.70. The molecule has 2 unspecified atom stereocenters. The normalized spacial score (nSPS) is 27.3. The second-order valence-electron chi connectivity index (χ2n) is 3.87. The molecule has 0 aromatic rings. The molecule has 0 heterocycles. The van der Waals surface area contributed by atoms with E-state index in [1.807, 2.05) is 0 Å². The van der Waals surface area contributed by atoms with Gasteiger partial charge in [-0.25, -0.2) is 0 Å². The van der Waals surface area contributed by atoms with Gasteiger partial charge in [0.15, 0.2) is 0 Å². The summed E-state index contributed by atoms with van der Waals surface area (Å²) in [6.07, 6.45) is 4.82. The monoisotopic (exact) mass is 200 g/mol. The van der Waals surface area contributed by atoms with E-state index in [1.165, 1.54) is 12.8 Å². The number of carbonyl (C=O) groups is 1. The van der Waals surface area contributed by atoms with Crippen LogP contribution in [0.4, 0.5) is 0 Å². The molecule has 0 radical (unpaired) electrons. The topological polar surface area (TPSA) is 64.3 Å². The summed E-state index contributed by atoms with van der Waals surface area (Å²) in [5.74, 6) is 0.0502. The van der Waals surface area contributed by atoms with Crippen molar-refractivity contribution in [2.45, 2.75) is 44.2 Å². The molecule has 1 amide bonds. The molecule has 2 atom stereocenters. The highest BCUT2D eigenvalue weighted by atomic mass is 16.5. The second kappa shape index (κ2) is 5.98. The molecular formula is C10H20N2O2. The second-order valence-corrected chi connectivity index (χ2v) is 3.87. The Bertz CT molecular complexity index is 185. The molecule has 0 spiro atoms. The van der Waals surface area contributed by atoms with Crippen molar-refractivity contribution in [2.24, 2.45) is 5.73 Å². The molecule has 1 saturated carbocycles. The molecule has 82 valence electrons. The molecule has 3 N–H and O–H groups in total. The van der Waals surface area contributed by atoms with Crippen molar-refractivity contribution in [3.63, 3.8) is 0 Å². The van der Waals surface area contributed by atoms with Gasteiger partial charge in [-0.2, -0.15) is 0 Å². The lowest BCUT2D eigenvalue weighted by molar-refractivity contribution is -0.123. The summed E-state index contributed by atoms with van der Waals surface area (Å²) >= 11 is 0. The van der Waals surface area contributed by atoms with E-state index >= 15 is 0 Å². The summed E-state index contributed by atoms with van der Waals surface area (Å²) in [6.45, 7) is 0.480. The lowest BCUT2D eigenvalue weighted by Crippen LogP contribution is -2.49. The Hall–Kier alpha value is -0.610. The van der Waals surface area contributed by atoms with E-state index in [1.54, 1.807) is 7.11 Å². The van der Waals surface area contributed by atoms with Gasteiger partial charge >= 0.3 is 0 Å². The fourth-order valence-corrected chi connectivity index (χ4v) is 1.81. The molecule has 1 fully saturated rings. The van der Waals surface area contributed by atoms with Crippen LogP contribution in [0, 0.1) is 0 Å². The number of hydrogen-bond donors (Lipinski definition) is 2. The minimum absolute atomic E-state index is 0.0502. The zero-order valence-corrected chi connectivity index (χ0v) is 8.79. The van der Waals surface area contributed by atoms with Crippen LogP contribution in [-0.4, -0.2) is 31.7 Å². The van der Waals surface area contributed by atoms with Crippen LogP contribution in [0.25, 0.3) is 0 Å². The number of rotatable bonds is 4. The molecule has 0 bridgehead atoms. The molecule has 14 heavy (non-hydrogen) atoms. The predicted molar refractivity (Wildman–Crippen MR) is 54.9 cm³/mol. The van der Waals surface area contributed by atoms with Crippen molar-refractivity contribution in [1.29, 1.82) is 0 Å². The Morgan fingerprint density at radius 3 is 2.86 bits per heavy atom. The highest BCUT2D eigenvalue weighted by Crippen LogP contribution is 2.16. The van der Waals surface area contributed by atoms with Crippen molar-refractivity contribution in [2.75, 3.05) is 13.7 Å². The van der Waals surface area contributed by atoms with E-state index in [0.29, 0.717) is 13.0 Å². The first-order valence-electron chi connectivity index (χ1n) is 5.28. The molecule has 0 saturated heterocycles. The van der Waals surface area contributed by atoms with E-state index in [0.717, 1.165) is 12.8 Å². The van der Waals surface area contributed by atoms with Gasteiger partial charge in [0.25, 0.3) is 0 Å². The summed E-state index contributed by atoms with van der Waals surface area (Å²) in [6, 6.07) is 0.309. The quantitative estimate of drug-likeness (QED) is 0.691. The number of amides is 1. The zero-order valence-electron chi connectivity index (χ0n) is 8.79. The van der Waals surface area contributed by atoms with Crippen LogP contribution in [0.15, 0.2) is 0 Å². The van der Waals surface area contributed by atoms with Gasteiger partial charge in [0, 0.05) is 25.6 Å². The predicted octanol–water partition coefficient (Wildman–Crippen LogP) is 0.409. The van der Waals surface area contributed by atoms with Gasteiger partial charge in [-0.15, -0.1) is 0 Å². The smallest absolute Gasteiger partial charge is 0.222 e. The first-order chi connectivity index (χ1) is 6.74. The summed E-state index contributed by atoms with van der Waals surface area (Å²) < 4.78 is 4.84. The van der Waals surface area contributed by atoms with Gasteiger partial charge in [0.2, 0.25) is 5.91 Å². The van der Waals surface area contributed by atoms with Crippen molar-refractivity contribution < 1.29 is 9.53 Å². The molecule has 1 aliphatic rings. The standard InChI is InChI=1S/C10H20N2O2/c1-14-7-6-10(13)12-9-5-3-2-4-8(9)11/h8-9H,2-7,11H2,1H3,(H,12,13). The summed E-state index contributed by atoms with van der Waals surface area (Å²) in [5.41, 5.74) is 5.91. The number of methoxy groups -OCH3 is 1. The minimum atomic E-state index is 0.0502. The maximum absolute atomic E-state index is 11.4. The van der Waals surface area contributed by atoms with Crippen molar-refractivity contribution >= 4 is 5.91 Å². The summed E-state index contributed by atoms with van der Waals surface area (Å²) in [5, 5.41) is 2.96. The highest BCUT2D eigenvalue weighted by molar-refractivity contribution is 5.76. The third-order valence-corrected chi connectivity index (χ3v) is 2.70. The molecule has 1 aliphatic carbocycles. The Labute approximate surface area is 85.2 Å². The first kappa shape index (κ1) is 11.5. The fraction of sp³-hybridized carbons (Fsp3) is 0.900. The Morgan fingerprint density at radius 1 is 1.50 bits per heavy atom. The van der Waals surface area contributed by atoms with Gasteiger partial charge in [-0.05, 0) is 12.8 Å². The van der Waals surface area contributed by atoms with Crippen LogP contribution in [-0.2, 0) is 9.53 Å². The van der Waals surface area contributed by atoms with Crippen LogP contribution in [0.3, 0.4) is 0 Å². The average Bonchev–Trinajstić information content (AvgIpc) is 2.18. The number of ether oxygens (including phenoxy) is 1. The largest absolute Gasteiger partial charge is 0.384 e. The van der Waals surface area contributed by atoms with Crippen molar-refractivity contribution in [3.05, 3.63) is 0 Å². The lowest BCUT2D eigenvalue weighted by Gasteiger charge is -2.29. The molecule has 4 heteroatoms. The van der Waals surface area contributed by atoms with Crippen LogP contribution >= 0.6 is 0 Å². The van der Waals surface area contributed by atoms with E-state index in [2.05, 4.69) is 5.32 Å². The van der Waals surface area contributed by atoms with Gasteiger partial charge in [-0.3, -0.25) is 4.79 Å². The summed E-state index contributed by atoms with van der Waals surface area (Å²) in [4.78, 5) is 11.4. The Morgan fingerprint density at radius 2 is 2.21 bits per heavy atom. The lowest BCUT2D eigenvalue weighted by atomic mass is 9.91. The number of hydrogen-bond acceptors (Lipinski definition) is 3. The zero-order chi connectivity index (χ0) is 10.4. The van der Waals surface area contributed by atoms with Gasteiger partial charge in [-0.1, -0.05) is 12.8 Å². The van der Waals surface area contributed by atoms with Gasteiger partial charge in [0.1, 0.15) is 0 Å². The molecule has 4 nitrogen and oxygen atoms in total.